The molecule has 0 radical (unpaired) electrons. The zero-order valence-corrected chi connectivity index (χ0v) is 7.22. The molecule has 0 amide bonds. The summed E-state index contributed by atoms with van der Waals surface area (Å²) in [6.07, 6.45) is -1.66. The predicted molar refractivity (Wildman–Crippen MR) is 39.8 cm³/mol. The van der Waals surface area contributed by atoms with Gasteiger partial charge >= 0.3 is 0 Å². The lowest BCUT2D eigenvalue weighted by atomic mass is 10.3. The Hall–Kier alpha value is 0.160. The maximum Gasteiger partial charge on any atom is 0.238 e. The molecule has 6 heteroatoms. The van der Waals surface area contributed by atoms with E-state index in [4.69, 9.17) is 20.9 Å². The van der Waals surface area contributed by atoms with E-state index in [-0.39, 0.29) is 12.8 Å². The smallest absolute Gasteiger partial charge is 0.238 e. The fourth-order valence-electron chi connectivity index (χ4n) is 1.23. The van der Waals surface area contributed by atoms with Crippen molar-refractivity contribution in [1.82, 2.24) is 0 Å². The van der Waals surface area contributed by atoms with Crippen LogP contribution in [0.2, 0.25) is 0 Å². The molecule has 1 aliphatic rings. The van der Waals surface area contributed by atoms with Crippen molar-refractivity contribution >= 4 is 19.7 Å². The number of halogens is 1. The van der Waals surface area contributed by atoms with E-state index in [1.165, 1.54) is 0 Å². The van der Waals surface area contributed by atoms with E-state index in [2.05, 4.69) is 0 Å². The Morgan fingerprint density at radius 1 is 1.27 bits per heavy atom. The first-order chi connectivity index (χ1) is 4.93. The minimum atomic E-state index is -3.72. The second-order valence-electron chi connectivity index (χ2n) is 2.65. The second-order valence-corrected chi connectivity index (χ2v) is 5.50. The Kier molecular flexibility index (Phi) is 2.43. The van der Waals surface area contributed by atoms with Gasteiger partial charge in [-0.3, -0.25) is 0 Å². The van der Waals surface area contributed by atoms with Crippen molar-refractivity contribution in [3.8, 4) is 0 Å². The highest BCUT2D eigenvalue weighted by atomic mass is 35.7. The molecule has 0 unspecified atom stereocenters. The predicted octanol–water partition coefficient (Wildman–Crippen LogP) is -0.561. The minimum Gasteiger partial charge on any atom is -0.390 e. The molecule has 0 aromatic carbocycles. The molecule has 4 nitrogen and oxygen atoms in total. The van der Waals surface area contributed by atoms with Gasteiger partial charge in [-0.1, -0.05) is 0 Å². The molecule has 1 rings (SSSR count). The van der Waals surface area contributed by atoms with Crippen LogP contribution < -0.4 is 0 Å². The van der Waals surface area contributed by atoms with Crippen molar-refractivity contribution < 1.29 is 18.6 Å². The van der Waals surface area contributed by atoms with Gasteiger partial charge in [0.05, 0.1) is 12.2 Å². The van der Waals surface area contributed by atoms with E-state index in [9.17, 15) is 8.42 Å². The minimum absolute atomic E-state index is 0.230. The standard InChI is InChI=1S/C5H9ClO4S/c6-11(9,10)4-2-1-3(7)5(4)8/h3-5,7-8H,1-2H2/t3-,4-,5-/m0/s1. The molecule has 11 heavy (non-hydrogen) atoms. The molecule has 3 atom stereocenters. The highest BCUT2D eigenvalue weighted by Gasteiger charge is 2.40. The van der Waals surface area contributed by atoms with Gasteiger partial charge in [-0.05, 0) is 12.8 Å². The number of hydrogen-bond acceptors (Lipinski definition) is 4. The SMILES string of the molecule is O=S(=O)(Cl)[C@H]1CC[C@H](O)[C@@H]1O. The Balaban J connectivity index is 2.78. The molecule has 0 aliphatic heterocycles. The Bertz CT molecular complexity index is 237. The number of hydrogen-bond donors (Lipinski definition) is 2. The van der Waals surface area contributed by atoms with Crippen LogP contribution in [-0.4, -0.2) is 36.1 Å². The van der Waals surface area contributed by atoms with E-state index in [0.29, 0.717) is 0 Å². The molecule has 66 valence electrons. The van der Waals surface area contributed by atoms with Gasteiger partial charge < -0.3 is 10.2 Å². The quantitative estimate of drug-likeness (QED) is 0.557. The molecule has 1 fully saturated rings. The normalized spacial score (nSPS) is 39.4. The monoisotopic (exact) mass is 200 g/mol. The van der Waals surface area contributed by atoms with Gasteiger partial charge in [-0.15, -0.1) is 0 Å². The lowest BCUT2D eigenvalue weighted by molar-refractivity contribution is 0.0454. The molecule has 0 heterocycles. The summed E-state index contributed by atoms with van der Waals surface area (Å²) in [6.45, 7) is 0. The van der Waals surface area contributed by atoms with Crippen LogP contribution in [-0.2, 0) is 9.05 Å². The van der Waals surface area contributed by atoms with Crippen LogP contribution >= 0.6 is 10.7 Å². The van der Waals surface area contributed by atoms with Crippen LogP contribution in [0.4, 0.5) is 0 Å². The van der Waals surface area contributed by atoms with E-state index >= 15 is 0 Å². The first kappa shape index (κ1) is 9.25. The summed E-state index contributed by atoms with van der Waals surface area (Å²) in [5.41, 5.74) is 0. The van der Waals surface area contributed by atoms with Crippen LogP contribution in [0.1, 0.15) is 12.8 Å². The molecule has 2 N–H and O–H groups in total. The fraction of sp³-hybridized carbons (Fsp3) is 1.00. The average Bonchev–Trinajstić information content (AvgIpc) is 2.11. The fourth-order valence-corrected chi connectivity index (χ4v) is 2.75. The molecule has 0 aromatic heterocycles. The number of aliphatic hydroxyl groups is 2. The van der Waals surface area contributed by atoms with Crippen molar-refractivity contribution in [3.05, 3.63) is 0 Å². The van der Waals surface area contributed by atoms with Crippen LogP contribution in [0.3, 0.4) is 0 Å². The molecule has 0 spiro atoms. The van der Waals surface area contributed by atoms with Crippen LogP contribution in [0.15, 0.2) is 0 Å². The van der Waals surface area contributed by atoms with Gasteiger partial charge in [-0.25, -0.2) is 8.42 Å². The highest BCUT2D eigenvalue weighted by molar-refractivity contribution is 8.14. The number of aliphatic hydroxyl groups excluding tert-OH is 2. The third-order valence-electron chi connectivity index (χ3n) is 1.88. The summed E-state index contributed by atoms with van der Waals surface area (Å²) >= 11 is 0. The van der Waals surface area contributed by atoms with Crippen LogP contribution in [0, 0.1) is 0 Å². The first-order valence-corrected chi connectivity index (χ1v) is 5.60. The van der Waals surface area contributed by atoms with Crippen molar-refractivity contribution in [2.75, 3.05) is 0 Å². The molecule has 0 saturated heterocycles. The number of rotatable bonds is 1. The van der Waals surface area contributed by atoms with Crippen LogP contribution in [0.5, 0.6) is 0 Å². The van der Waals surface area contributed by atoms with Crippen molar-refractivity contribution in [2.45, 2.75) is 30.3 Å². The summed E-state index contributed by atoms with van der Waals surface area (Å²) in [6, 6.07) is 0. The molecule has 1 aliphatic carbocycles. The topological polar surface area (TPSA) is 74.6 Å². The van der Waals surface area contributed by atoms with E-state index in [1.54, 1.807) is 0 Å². The lowest BCUT2D eigenvalue weighted by Crippen LogP contribution is -2.32. The molecule has 1 saturated carbocycles. The molecule has 0 aromatic rings. The van der Waals surface area contributed by atoms with Crippen LogP contribution in [0.25, 0.3) is 0 Å². The van der Waals surface area contributed by atoms with Gasteiger partial charge in [0.15, 0.2) is 0 Å². The molecule has 0 bridgehead atoms. The maximum absolute atomic E-state index is 10.7. The average molecular weight is 201 g/mol. The summed E-state index contributed by atoms with van der Waals surface area (Å²) in [7, 11) is 1.28. The third-order valence-corrected chi connectivity index (χ3v) is 3.81. The summed E-state index contributed by atoms with van der Waals surface area (Å²) in [4.78, 5) is 0. The first-order valence-electron chi connectivity index (χ1n) is 3.22. The van der Waals surface area contributed by atoms with E-state index < -0.39 is 26.5 Å². The van der Waals surface area contributed by atoms with Gasteiger partial charge in [0.2, 0.25) is 9.05 Å². The lowest BCUT2D eigenvalue weighted by Gasteiger charge is -2.12. The van der Waals surface area contributed by atoms with Gasteiger partial charge in [-0.2, -0.15) is 0 Å². The highest BCUT2D eigenvalue weighted by Crippen LogP contribution is 2.27. The zero-order chi connectivity index (χ0) is 8.65. The van der Waals surface area contributed by atoms with E-state index in [1.807, 2.05) is 0 Å². The van der Waals surface area contributed by atoms with Crippen molar-refractivity contribution in [3.63, 3.8) is 0 Å². The van der Waals surface area contributed by atoms with Crippen molar-refractivity contribution in [1.29, 1.82) is 0 Å². The maximum atomic E-state index is 10.7. The van der Waals surface area contributed by atoms with Gasteiger partial charge in [0.25, 0.3) is 0 Å². The third kappa shape index (κ3) is 1.84. The molecular weight excluding hydrogens is 192 g/mol. The van der Waals surface area contributed by atoms with Gasteiger partial charge in [0.1, 0.15) is 5.25 Å². The summed E-state index contributed by atoms with van der Waals surface area (Å²) in [5.74, 6) is 0. The summed E-state index contributed by atoms with van der Waals surface area (Å²) in [5, 5.41) is 17.0. The van der Waals surface area contributed by atoms with Crippen molar-refractivity contribution in [2.24, 2.45) is 0 Å². The van der Waals surface area contributed by atoms with E-state index in [0.717, 1.165) is 0 Å². The Morgan fingerprint density at radius 2 is 1.82 bits per heavy atom. The van der Waals surface area contributed by atoms with Gasteiger partial charge in [0, 0.05) is 10.7 Å². The largest absolute Gasteiger partial charge is 0.390 e. The zero-order valence-electron chi connectivity index (χ0n) is 5.64. The summed E-state index contributed by atoms with van der Waals surface area (Å²) < 4.78 is 21.4. The molecular formula is C5H9ClO4S. The Morgan fingerprint density at radius 3 is 2.00 bits per heavy atom. The Labute approximate surface area is 69.2 Å². The second kappa shape index (κ2) is 2.90.